The fourth-order valence-electron chi connectivity index (χ4n) is 3.47. The highest BCUT2D eigenvalue weighted by molar-refractivity contribution is 4.96. The zero-order chi connectivity index (χ0) is 13.9. The molecule has 1 atom stereocenters. The number of β-amino-alcohol motifs (C(OH)–C–C–N with tert-alkyl or cyclic N) is 1. The third-order valence-electron chi connectivity index (χ3n) is 4.55. The minimum Gasteiger partial charge on any atom is -0.449 e. The van der Waals surface area contributed by atoms with Gasteiger partial charge in [0.1, 0.15) is 6.26 Å². The highest BCUT2D eigenvalue weighted by Gasteiger charge is 2.28. The molecule has 0 saturated carbocycles. The Kier molecular flexibility index (Phi) is 4.38. The van der Waals surface area contributed by atoms with E-state index in [1.807, 2.05) is 6.92 Å². The van der Waals surface area contributed by atoms with Gasteiger partial charge < -0.3 is 9.52 Å². The maximum Gasteiger partial charge on any atom is 0.191 e. The number of hydrogen-bond acceptors (Lipinski definition) is 5. The quantitative estimate of drug-likeness (QED) is 0.906. The van der Waals surface area contributed by atoms with Crippen molar-refractivity contribution < 1.29 is 9.52 Å². The average Bonchev–Trinajstić information content (AvgIpc) is 2.85. The van der Waals surface area contributed by atoms with Crippen LogP contribution >= 0.6 is 0 Å². The molecule has 20 heavy (non-hydrogen) atoms. The number of aryl methyl sites for hydroxylation is 1. The summed E-state index contributed by atoms with van der Waals surface area (Å²) < 4.78 is 5.26. The number of likely N-dealkylation sites (tertiary alicyclic amines) is 2. The van der Waals surface area contributed by atoms with Gasteiger partial charge in [0, 0.05) is 39.1 Å². The number of oxazole rings is 1. The van der Waals surface area contributed by atoms with Crippen molar-refractivity contribution in [3.63, 3.8) is 0 Å². The van der Waals surface area contributed by atoms with E-state index < -0.39 is 0 Å². The fraction of sp³-hybridized carbons (Fsp3) is 0.800. The van der Waals surface area contributed by atoms with Crippen LogP contribution in [0.4, 0.5) is 0 Å². The van der Waals surface area contributed by atoms with E-state index >= 15 is 0 Å². The van der Waals surface area contributed by atoms with E-state index in [-0.39, 0.29) is 6.10 Å². The third kappa shape index (κ3) is 3.40. The van der Waals surface area contributed by atoms with Gasteiger partial charge in [0.05, 0.1) is 11.8 Å². The number of aliphatic hydroxyl groups excluding tert-OH is 1. The van der Waals surface area contributed by atoms with Gasteiger partial charge in [0.2, 0.25) is 0 Å². The van der Waals surface area contributed by atoms with Gasteiger partial charge in [0.25, 0.3) is 0 Å². The van der Waals surface area contributed by atoms with Gasteiger partial charge in [-0.25, -0.2) is 4.98 Å². The lowest BCUT2D eigenvalue weighted by Gasteiger charge is -2.41. The number of aliphatic hydroxyl groups is 1. The molecule has 1 aromatic heterocycles. The summed E-state index contributed by atoms with van der Waals surface area (Å²) in [5.41, 5.74) is 1.04. The molecule has 5 nitrogen and oxygen atoms in total. The normalized spacial score (nSPS) is 27.0. The van der Waals surface area contributed by atoms with Crippen LogP contribution in [0.1, 0.15) is 37.3 Å². The Morgan fingerprint density at radius 2 is 2.10 bits per heavy atom. The molecule has 2 fully saturated rings. The Bertz CT molecular complexity index is 427. The molecule has 2 aliphatic rings. The van der Waals surface area contributed by atoms with E-state index in [1.54, 1.807) is 6.26 Å². The molecule has 0 amide bonds. The number of piperidine rings is 2. The maximum atomic E-state index is 9.79. The molecule has 0 aliphatic carbocycles. The van der Waals surface area contributed by atoms with Crippen LogP contribution in [-0.4, -0.2) is 58.2 Å². The highest BCUT2D eigenvalue weighted by Crippen LogP contribution is 2.22. The lowest BCUT2D eigenvalue weighted by Crippen LogP contribution is -2.49. The minimum atomic E-state index is -0.111. The third-order valence-corrected chi connectivity index (χ3v) is 4.55. The molecular formula is C15H25N3O2. The first-order valence-electron chi connectivity index (χ1n) is 7.76. The zero-order valence-corrected chi connectivity index (χ0v) is 12.3. The molecule has 112 valence electrons. The van der Waals surface area contributed by atoms with Gasteiger partial charge in [-0.3, -0.25) is 9.80 Å². The van der Waals surface area contributed by atoms with E-state index in [0.717, 1.165) is 57.2 Å². The van der Waals surface area contributed by atoms with Crippen LogP contribution in [-0.2, 0) is 6.54 Å². The summed E-state index contributed by atoms with van der Waals surface area (Å²) in [7, 11) is 0. The molecule has 0 unspecified atom stereocenters. The standard InChI is InChI=1S/C15H25N3O2/c1-12-16-13(11-20-12)9-17-7-4-14(5-8-17)18-6-2-3-15(19)10-18/h11,14-15,19H,2-10H2,1H3/t15-/m0/s1. The monoisotopic (exact) mass is 279 g/mol. The van der Waals surface area contributed by atoms with Crippen LogP contribution in [0.25, 0.3) is 0 Å². The Morgan fingerprint density at radius 1 is 1.30 bits per heavy atom. The molecule has 1 N–H and O–H groups in total. The maximum absolute atomic E-state index is 9.79. The molecule has 0 aromatic carbocycles. The van der Waals surface area contributed by atoms with E-state index in [1.165, 1.54) is 12.8 Å². The summed E-state index contributed by atoms with van der Waals surface area (Å²) in [5, 5.41) is 9.79. The Balaban J connectivity index is 1.47. The second-order valence-electron chi connectivity index (χ2n) is 6.16. The van der Waals surface area contributed by atoms with Gasteiger partial charge in [-0.2, -0.15) is 0 Å². The van der Waals surface area contributed by atoms with Crippen molar-refractivity contribution >= 4 is 0 Å². The minimum absolute atomic E-state index is 0.111. The molecule has 3 heterocycles. The summed E-state index contributed by atoms with van der Waals surface area (Å²) >= 11 is 0. The van der Waals surface area contributed by atoms with Crippen LogP contribution in [0.5, 0.6) is 0 Å². The van der Waals surface area contributed by atoms with Crippen LogP contribution in [0.3, 0.4) is 0 Å². The van der Waals surface area contributed by atoms with E-state index in [4.69, 9.17) is 4.42 Å². The number of rotatable bonds is 3. The first kappa shape index (κ1) is 14.0. The van der Waals surface area contributed by atoms with Gasteiger partial charge >= 0.3 is 0 Å². The Labute approximate surface area is 120 Å². The van der Waals surface area contributed by atoms with Crippen molar-refractivity contribution in [3.05, 3.63) is 17.8 Å². The smallest absolute Gasteiger partial charge is 0.191 e. The number of hydrogen-bond donors (Lipinski definition) is 1. The van der Waals surface area contributed by atoms with Crippen molar-refractivity contribution in [3.8, 4) is 0 Å². The van der Waals surface area contributed by atoms with E-state index in [2.05, 4.69) is 14.8 Å². The van der Waals surface area contributed by atoms with Gasteiger partial charge in [-0.05, 0) is 32.2 Å². The SMILES string of the molecule is Cc1nc(CN2CCC(N3CCC[C@H](O)C3)CC2)co1. The molecule has 3 rings (SSSR count). The van der Waals surface area contributed by atoms with E-state index in [9.17, 15) is 5.11 Å². The molecule has 0 bridgehead atoms. The summed E-state index contributed by atoms with van der Waals surface area (Å²) in [6.45, 7) is 7.04. The largest absolute Gasteiger partial charge is 0.449 e. The number of nitrogens with zero attached hydrogens (tertiary/aromatic N) is 3. The predicted molar refractivity (Wildman–Crippen MR) is 76.4 cm³/mol. The zero-order valence-electron chi connectivity index (χ0n) is 12.3. The number of aromatic nitrogens is 1. The Hall–Kier alpha value is -0.910. The lowest BCUT2D eigenvalue weighted by atomic mass is 9.99. The van der Waals surface area contributed by atoms with Crippen LogP contribution in [0, 0.1) is 6.92 Å². The van der Waals surface area contributed by atoms with Crippen molar-refractivity contribution in [1.82, 2.24) is 14.8 Å². The van der Waals surface area contributed by atoms with Gasteiger partial charge in [-0.15, -0.1) is 0 Å². The van der Waals surface area contributed by atoms with Gasteiger partial charge in [0.15, 0.2) is 5.89 Å². The van der Waals surface area contributed by atoms with Crippen molar-refractivity contribution in [2.45, 2.75) is 51.3 Å². The second kappa shape index (κ2) is 6.24. The van der Waals surface area contributed by atoms with Crippen LogP contribution in [0.2, 0.25) is 0 Å². The summed E-state index contributed by atoms with van der Waals surface area (Å²) in [4.78, 5) is 9.32. The van der Waals surface area contributed by atoms with Crippen LogP contribution < -0.4 is 0 Å². The fourth-order valence-corrected chi connectivity index (χ4v) is 3.47. The first-order valence-corrected chi connectivity index (χ1v) is 7.76. The highest BCUT2D eigenvalue weighted by atomic mass is 16.3. The molecule has 2 aliphatic heterocycles. The Morgan fingerprint density at radius 3 is 2.75 bits per heavy atom. The molecule has 5 heteroatoms. The summed E-state index contributed by atoms with van der Waals surface area (Å²) in [5.74, 6) is 0.747. The topological polar surface area (TPSA) is 52.7 Å². The molecule has 1 aromatic rings. The van der Waals surface area contributed by atoms with Gasteiger partial charge in [-0.1, -0.05) is 0 Å². The van der Waals surface area contributed by atoms with Crippen molar-refractivity contribution in [1.29, 1.82) is 0 Å². The van der Waals surface area contributed by atoms with Crippen molar-refractivity contribution in [2.24, 2.45) is 0 Å². The molecular weight excluding hydrogens is 254 g/mol. The lowest BCUT2D eigenvalue weighted by molar-refractivity contribution is 0.0242. The van der Waals surface area contributed by atoms with Crippen molar-refractivity contribution in [2.75, 3.05) is 26.2 Å². The summed E-state index contributed by atoms with van der Waals surface area (Å²) in [6, 6.07) is 0.653. The molecule has 0 radical (unpaired) electrons. The average molecular weight is 279 g/mol. The first-order chi connectivity index (χ1) is 9.70. The summed E-state index contributed by atoms with van der Waals surface area (Å²) in [6.07, 6.45) is 6.16. The molecule has 0 spiro atoms. The predicted octanol–water partition coefficient (Wildman–Crippen LogP) is 1.40. The van der Waals surface area contributed by atoms with Crippen LogP contribution in [0.15, 0.2) is 10.7 Å². The second-order valence-corrected chi connectivity index (χ2v) is 6.16. The van der Waals surface area contributed by atoms with E-state index in [0.29, 0.717) is 6.04 Å². The molecule has 2 saturated heterocycles.